The van der Waals surface area contributed by atoms with Crippen LogP contribution < -0.4 is 15.6 Å². The Morgan fingerprint density at radius 2 is 1.55 bits per heavy atom. The average molecular weight is 411 g/mol. The number of benzene rings is 2. The molecule has 0 aliphatic rings. The summed E-state index contributed by atoms with van der Waals surface area (Å²) in [7, 11) is 0. The zero-order chi connectivity index (χ0) is 21.0. The Kier molecular flexibility index (Phi) is 5.84. The van der Waals surface area contributed by atoms with Crippen LogP contribution in [0.3, 0.4) is 0 Å². The van der Waals surface area contributed by atoms with E-state index >= 15 is 0 Å². The third kappa shape index (κ3) is 4.92. The number of anilines is 1. The standard InChI is InChI=1S/C22H19ClN2O4/c1-22(2,21(28)25-18-4-3-13-24-20(18)27)29-17-11-7-15(8-12-17)19(26)14-5-9-16(23)10-6-14/h3-13H,1-2H3,(H,24,27)(H,25,28). The predicted molar refractivity (Wildman–Crippen MR) is 112 cm³/mol. The summed E-state index contributed by atoms with van der Waals surface area (Å²) in [5, 5.41) is 3.11. The van der Waals surface area contributed by atoms with Gasteiger partial charge in [0.1, 0.15) is 11.4 Å². The van der Waals surface area contributed by atoms with Crippen molar-refractivity contribution >= 4 is 29.0 Å². The Morgan fingerprint density at radius 1 is 0.966 bits per heavy atom. The van der Waals surface area contributed by atoms with E-state index in [-0.39, 0.29) is 11.5 Å². The van der Waals surface area contributed by atoms with Gasteiger partial charge in [-0.3, -0.25) is 14.4 Å². The molecule has 7 heteroatoms. The number of carbonyl (C=O) groups is 2. The fourth-order valence-electron chi connectivity index (χ4n) is 2.58. The molecule has 0 spiro atoms. The van der Waals surface area contributed by atoms with Gasteiger partial charge >= 0.3 is 0 Å². The number of carbonyl (C=O) groups excluding carboxylic acids is 2. The van der Waals surface area contributed by atoms with E-state index in [2.05, 4.69) is 10.3 Å². The molecular weight excluding hydrogens is 392 g/mol. The number of rotatable bonds is 6. The van der Waals surface area contributed by atoms with Crippen LogP contribution in [0.5, 0.6) is 5.75 Å². The topological polar surface area (TPSA) is 88.3 Å². The quantitative estimate of drug-likeness (QED) is 0.600. The highest BCUT2D eigenvalue weighted by molar-refractivity contribution is 6.30. The van der Waals surface area contributed by atoms with Gasteiger partial charge in [-0.1, -0.05) is 11.6 Å². The Labute approximate surface area is 172 Å². The summed E-state index contributed by atoms with van der Waals surface area (Å²) >= 11 is 5.85. The number of ether oxygens (including phenoxy) is 1. The molecule has 0 saturated carbocycles. The number of amides is 1. The van der Waals surface area contributed by atoms with Crippen molar-refractivity contribution in [2.45, 2.75) is 19.4 Å². The molecular formula is C22H19ClN2O4. The summed E-state index contributed by atoms with van der Waals surface area (Å²) in [6, 6.07) is 16.2. The van der Waals surface area contributed by atoms with E-state index in [1.807, 2.05) is 0 Å². The maximum atomic E-state index is 12.5. The lowest BCUT2D eigenvalue weighted by molar-refractivity contribution is -0.128. The van der Waals surface area contributed by atoms with Gasteiger partial charge in [0.25, 0.3) is 11.5 Å². The van der Waals surface area contributed by atoms with Gasteiger partial charge in [0, 0.05) is 22.3 Å². The molecule has 2 aromatic carbocycles. The number of aromatic nitrogens is 1. The first-order valence-electron chi connectivity index (χ1n) is 8.85. The van der Waals surface area contributed by atoms with Gasteiger partial charge in [0.2, 0.25) is 0 Å². The molecule has 3 rings (SSSR count). The first-order valence-corrected chi connectivity index (χ1v) is 9.22. The fourth-order valence-corrected chi connectivity index (χ4v) is 2.70. The van der Waals surface area contributed by atoms with Crippen LogP contribution in [0.2, 0.25) is 5.02 Å². The highest BCUT2D eigenvalue weighted by atomic mass is 35.5. The summed E-state index contributed by atoms with van der Waals surface area (Å²) in [5.74, 6) is -0.205. The fraction of sp³-hybridized carbons (Fsp3) is 0.136. The molecule has 0 saturated heterocycles. The lowest BCUT2D eigenvalue weighted by atomic mass is 10.0. The van der Waals surface area contributed by atoms with E-state index in [4.69, 9.17) is 16.3 Å². The van der Waals surface area contributed by atoms with Crippen molar-refractivity contribution in [3.05, 3.63) is 93.4 Å². The minimum absolute atomic E-state index is 0.137. The summed E-state index contributed by atoms with van der Waals surface area (Å²) in [5.41, 5.74) is -0.502. The van der Waals surface area contributed by atoms with Gasteiger partial charge in [-0.15, -0.1) is 0 Å². The second-order valence-corrected chi connectivity index (χ2v) is 7.28. The molecule has 1 aromatic heterocycles. The monoisotopic (exact) mass is 410 g/mol. The molecule has 2 N–H and O–H groups in total. The third-order valence-corrected chi connectivity index (χ3v) is 4.46. The van der Waals surface area contributed by atoms with Crippen LogP contribution in [-0.4, -0.2) is 22.3 Å². The molecule has 1 heterocycles. The number of H-pyrrole nitrogens is 1. The largest absolute Gasteiger partial charge is 0.478 e. The van der Waals surface area contributed by atoms with Crippen molar-refractivity contribution in [3.8, 4) is 5.75 Å². The first-order chi connectivity index (χ1) is 13.8. The molecule has 6 nitrogen and oxygen atoms in total. The van der Waals surface area contributed by atoms with Crippen LogP contribution in [-0.2, 0) is 4.79 Å². The molecule has 3 aromatic rings. The van der Waals surface area contributed by atoms with Crippen LogP contribution in [0.25, 0.3) is 0 Å². The van der Waals surface area contributed by atoms with E-state index in [0.29, 0.717) is 21.9 Å². The van der Waals surface area contributed by atoms with E-state index in [0.717, 1.165) is 0 Å². The Bertz CT molecular complexity index is 1090. The highest BCUT2D eigenvalue weighted by Gasteiger charge is 2.30. The van der Waals surface area contributed by atoms with Crippen LogP contribution in [0, 0.1) is 0 Å². The third-order valence-electron chi connectivity index (χ3n) is 4.21. The molecule has 29 heavy (non-hydrogen) atoms. The Hall–Kier alpha value is -3.38. The number of hydrogen-bond donors (Lipinski definition) is 2. The Morgan fingerprint density at radius 3 is 2.14 bits per heavy atom. The van der Waals surface area contributed by atoms with Crippen molar-refractivity contribution < 1.29 is 14.3 Å². The zero-order valence-corrected chi connectivity index (χ0v) is 16.6. The summed E-state index contributed by atoms with van der Waals surface area (Å²) in [4.78, 5) is 39.3. The molecule has 0 aliphatic carbocycles. The first kappa shape index (κ1) is 20.4. The SMILES string of the molecule is CC(C)(Oc1ccc(C(=O)c2ccc(Cl)cc2)cc1)C(=O)Nc1ccc[nH]c1=O. The van der Waals surface area contributed by atoms with Gasteiger partial charge in [-0.2, -0.15) is 0 Å². The van der Waals surface area contributed by atoms with Crippen LogP contribution in [0.4, 0.5) is 5.69 Å². The van der Waals surface area contributed by atoms with E-state index in [9.17, 15) is 14.4 Å². The summed E-state index contributed by atoms with van der Waals surface area (Å²) in [6.45, 7) is 3.18. The number of halogens is 1. The number of nitrogens with one attached hydrogen (secondary N) is 2. The highest BCUT2D eigenvalue weighted by Crippen LogP contribution is 2.22. The summed E-state index contributed by atoms with van der Waals surface area (Å²) in [6.07, 6.45) is 1.48. The Balaban J connectivity index is 1.70. The molecule has 0 atom stereocenters. The van der Waals surface area contributed by atoms with Gasteiger partial charge < -0.3 is 15.0 Å². The lowest BCUT2D eigenvalue weighted by Gasteiger charge is -2.25. The van der Waals surface area contributed by atoms with E-state index < -0.39 is 17.1 Å². The molecule has 0 bridgehead atoms. The number of pyridine rings is 1. The number of ketones is 1. The number of aromatic amines is 1. The van der Waals surface area contributed by atoms with Crippen molar-refractivity contribution in [2.24, 2.45) is 0 Å². The zero-order valence-electron chi connectivity index (χ0n) is 15.9. The average Bonchev–Trinajstić information content (AvgIpc) is 2.70. The summed E-state index contributed by atoms with van der Waals surface area (Å²) < 4.78 is 5.78. The second kappa shape index (κ2) is 8.32. The molecule has 0 radical (unpaired) electrons. The van der Waals surface area contributed by atoms with Gasteiger partial charge in [-0.05, 0) is 74.5 Å². The maximum Gasteiger partial charge on any atom is 0.271 e. The van der Waals surface area contributed by atoms with E-state index in [1.54, 1.807) is 68.4 Å². The minimum atomic E-state index is -1.25. The number of hydrogen-bond acceptors (Lipinski definition) is 4. The van der Waals surface area contributed by atoms with Crippen LogP contribution >= 0.6 is 11.6 Å². The van der Waals surface area contributed by atoms with Crippen LogP contribution in [0.1, 0.15) is 29.8 Å². The lowest BCUT2D eigenvalue weighted by Crippen LogP contribution is -2.43. The van der Waals surface area contributed by atoms with Crippen molar-refractivity contribution in [3.63, 3.8) is 0 Å². The molecule has 148 valence electrons. The van der Waals surface area contributed by atoms with E-state index in [1.165, 1.54) is 12.3 Å². The molecule has 1 amide bonds. The molecule has 0 unspecified atom stereocenters. The second-order valence-electron chi connectivity index (χ2n) is 6.84. The van der Waals surface area contributed by atoms with Crippen LogP contribution in [0.15, 0.2) is 71.7 Å². The van der Waals surface area contributed by atoms with Gasteiger partial charge in [0.05, 0.1) is 0 Å². The van der Waals surface area contributed by atoms with Crippen molar-refractivity contribution in [1.29, 1.82) is 0 Å². The smallest absolute Gasteiger partial charge is 0.271 e. The molecule has 0 aliphatic heterocycles. The minimum Gasteiger partial charge on any atom is -0.478 e. The van der Waals surface area contributed by atoms with Crippen molar-refractivity contribution in [1.82, 2.24) is 4.98 Å². The maximum absolute atomic E-state index is 12.5. The van der Waals surface area contributed by atoms with Gasteiger partial charge in [0.15, 0.2) is 11.4 Å². The van der Waals surface area contributed by atoms with Crippen molar-refractivity contribution in [2.75, 3.05) is 5.32 Å². The van der Waals surface area contributed by atoms with Gasteiger partial charge in [-0.25, -0.2) is 0 Å². The predicted octanol–water partition coefficient (Wildman–Crippen LogP) is 4.06. The normalized spacial score (nSPS) is 11.0. The molecule has 0 fully saturated rings.